The Kier molecular flexibility index (Phi) is 7.82. The normalized spacial score (nSPS) is 23.7. The first-order valence-corrected chi connectivity index (χ1v) is 8.03. The van der Waals surface area contributed by atoms with Crippen molar-refractivity contribution >= 4 is 57.5 Å². The Morgan fingerprint density at radius 3 is 1.06 bits per heavy atom. The molecule has 18 heavy (non-hydrogen) atoms. The van der Waals surface area contributed by atoms with Crippen LogP contribution < -0.4 is 0 Å². The van der Waals surface area contributed by atoms with Crippen LogP contribution in [-0.2, 0) is 0 Å². The molecule has 0 aliphatic carbocycles. The van der Waals surface area contributed by atoms with Gasteiger partial charge in [-0.25, -0.2) is 0 Å². The van der Waals surface area contributed by atoms with Gasteiger partial charge in [0.1, 0.15) is 0 Å². The molecular formula is C9H21B3Cl3N3. The lowest BCUT2D eigenvalue weighted by Crippen LogP contribution is -2.67. The third kappa shape index (κ3) is 4.50. The van der Waals surface area contributed by atoms with Gasteiger partial charge in [-0.3, -0.25) is 0 Å². The molecule has 1 fully saturated rings. The van der Waals surface area contributed by atoms with Crippen molar-refractivity contribution in [3.8, 4) is 0 Å². The second kappa shape index (κ2) is 8.28. The molecule has 0 N–H and O–H groups in total. The van der Waals surface area contributed by atoms with E-state index in [9.17, 15) is 0 Å². The fraction of sp³-hybridized carbons (Fsp3) is 1.00. The molecule has 0 aromatic heterocycles. The minimum atomic E-state index is 0.363. The van der Waals surface area contributed by atoms with Crippen LogP contribution >= 0.6 is 34.8 Å². The van der Waals surface area contributed by atoms with Gasteiger partial charge in [-0.15, -0.1) is 34.8 Å². The van der Waals surface area contributed by atoms with Crippen LogP contribution in [0.3, 0.4) is 0 Å². The second-order valence-corrected chi connectivity index (χ2v) is 6.13. The lowest BCUT2D eigenvalue weighted by Gasteiger charge is -2.46. The highest BCUT2D eigenvalue weighted by Crippen LogP contribution is 2.13. The van der Waals surface area contributed by atoms with Gasteiger partial charge in [0.05, 0.1) is 0 Å². The molecule has 0 aromatic rings. The topological polar surface area (TPSA) is 9.72 Å². The van der Waals surface area contributed by atoms with Crippen molar-refractivity contribution in [2.45, 2.75) is 38.9 Å². The molecule has 0 aromatic carbocycles. The Morgan fingerprint density at radius 1 is 0.667 bits per heavy atom. The number of alkyl halides is 3. The van der Waals surface area contributed by atoms with Crippen LogP contribution in [0.1, 0.15) is 20.8 Å². The molecule has 9 heteroatoms. The van der Waals surface area contributed by atoms with Gasteiger partial charge >= 0.3 is 0 Å². The highest BCUT2D eigenvalue weighted by atomic mass is 35.5. The Bertz CT molecular complexity index is 208. The minimum absolute atomic E-state index is 0.363. The Hall–Kier alpha value is 0.945. The summed E-state index contributed by atoms with van der Waals surface area (Å²) in [5.41, 5.74) is 0. The van der Waals surface area contributed by atoms with Crippen LogP contribution in [0.25, 0.3) is 0 Å². The standard InChI is InChI=1S/C9H21B3Cl3N3/c1-7(4-13)16-10-17(8(2)5-14)12-18(11-16)9(3)6-15/h7-12H,4-6H2,1-3H3. The first kappa shape index (κ1) is 17.0. The van der Waals surface area contributed by atoms with Crippen LogP contribution in [0.4, 0.5) is 0 Å². The second-order valence-electron chi connectivity index (χ2n) is 5.20. The highest BCUT2D eigenvalue weighted by Gasteiger charge is 2.33. The zero-order valence-electron chi connectivity index (χ0n) is 11.5. The van der Waals surface area contributed by atoms with E-state index < -0.39 is 0 Å². The fourth-order valence-electron chi connectivity index (χ4n) is 1.96. The van der Waals surface area contributed by atoms with Crippen molar-refractivity contribution in [1.82, 2.24) is 14.2 Å². The van der Waals surface area contributed by atoms with E-state index in [-0.39, 0.29) is 0 Å². The Labute approximate surface area is 128 Å². The minimum Gasteiger partial charge on any atom is -0.360 e. The number of hydrogen-bond donors (Lipinski definition) is 0. The molecule has 1 rings (SSSR count). The van der Waals surface area contributed by atoms with Crippen LogP contribution in [0.5, 0.6) is 0 Å². The van der Waals surface area contributed by atoms with E-state index in [1.807, 2.05) is 0 Å². The van der Waals surface area contributed by atoms with Gasteiger partial charge in [0, 0.05) is 35.8 Å². The lowest BCUT2D eigenvalue weighted by atomic mass is 9.70. The number of rotatable bonds is 6. The van der Waals surface area contributed by atoms with E-state index in [0.717, 1.165) is 22.6 Å². The first-order chi connectivity index (χ1) is 8.53. The van der Waals surface area contributed by atoms with Crippen molar-refractivity contribution in [3.63, 3.8) is 0 Å². The van der Waals surface area contributed by atoms with Gasteiger partial charge in [0.15, 0.2) is 0 Å². The smallest absolute Gasteiger partial charge is 0.271 e. The van der Waals surface area contributed by atoms with Crippen molar-refractivity contribution in [1.29, 1.82) is 0 Å². The average Bonchev–Trinajstić information content (AvgIpc) is 2.43. The Balaban J connectivity index is 2.71. The molecule has 1 heterocycles. The third-order valence-electron chi connectivity index (χ3n) is 3.63. The summed E-state index contributed by atoms with van der Waals surface area (Å²) in [4.78, 5) is 0. The van der Waals surface area contributed by atoms with Gasteiger partial charge in [-0.05, 0) is 0 Å². The summed E-state index contributed by atoms with van der Waals surface area (Å²) in [5, 5.41) is 0. The number of nitrogens with zero attached hydrogens (tertiary/aromatic N) is 3. The lowest BCUT2D eigenvalue weighted by molar-refractivity contribution is 0.388. The number of hydrogen-bond acceptors (Lipinski definition) is 3. The van der Waals surface area contributed by atoms with E-state index >= 15 is 0 Å². The summed E-state index contributed by atoms with van der Waals surface area (Å²) in [6.07, 6.45) is 0. The summed E-state index contributed by atoms with van der Waals surface area (Å²) in [7, 11) is 2.77. The van der Waals surface area contributed by atoms with Crippen LogP contribution in [0.15, 0.2) is 0 Å². The van der Waals surface area contributed by atoms with Gasteiger partial charge in [-0.2, -0.15) is 0 Å². The summed E-state index contributed by atoms with van der Waals surface area (Å²) in [6, 6.07) is 1.09. The molecule has 0 radical (unpaired) electrons. The van der Waals surface area contributed by atoms with Gasteiger partial charge < -0.3 is 14.2 Å². The fourth-order valence-corrected chi connectivity index (χ4v) is 2.55. The third-order valence-corrected chi connectivity index (χ3v) is 4.97. The summed E-state index contributed by atoms with van der Waals surface area (Å²) >= 11 is 17.9. The van der Waals surface area contributed by atoms with Crippen molar-refractivity contribution in [2.24, 2.45) is 0 Å². The maximum Gasteiger partial charge on any atom is 0.271 e. The summed E-state index contributed by atoms with van der Waals surface area (Å²) in [5.74, 6) is 1.94. The molecule has 1 saturated heterocycles. The van der Waals surface area contributed by atoms with E-state index in [1.54, 1.807) is 0 Å². The van der Waals surface area contributed by atoms with E-state index in [2.05, 4.69) is 34.9 Å². The van der Waals surface area contributed by atoms with Crippen LogP contribution in [0.2, 0.25) is 0 Å². The van der Waals surface area contributed by atoms with Gasteiger partial charge in [0.25, 0.3) is 22.6 Å². The highest BCUT2D eigenvalue weighted by molar-refractivity contribution is 6.65. The zero-order valence-corrected chi connectivity index (χ0v) is 13.7. The monoisotopic (exact) mass is 309 g/mol. The molecular weight excluding hydrogens is 289 g/mol. The van der Waals surface area contributed by atoms with Crippen molar-refractivity contribution in [2.75, 3.05) is 17.6 Å². The van der Waals surface area contributed by atoms with Crippen LogP contribution in [-0.4, -0.2) is 72.6 Å². The molecule has 0 saturated carbocycles. The molecule has 102 valence electrons. The summed E-state index contributed by atoms with van der Waals surface area (Å²) in [6.45, 7) is 6.47. The van der Waals surface area contributed by atoms with E-state index in [4.69, 9.17) is 34.8 Å². The van der Waals surface area contributed by atoms with E-state index in [0.29, 0.717) is 35.8 Å². The predicted octanol–water partition coefficient (Wildman–Crippen LogP) is 0.587. The maximum absolute atomic E-state index is 5.98. The molecule has 0 amide bonds. The SMILES string of the molecule is CC(CCl)N1BN(C(C)CCl)BN(C(C)CCl)B1. The largest absolute Gasteiger partial charge is 0.360 e. The zero-order chi connectivity index (χ0) is 13.7. The van der Waals surface area contributed by atoms with E-state index in [1.165, 1.54) is 0 Å². The molecule has 3 atom stereocenters. The van der Waals surface area contributed by atoms with Gasteiger partial charge in [0.2, 0.25) is 0 Å². The molecule has 3 nitrogen and oxygen atoms in total. The Morgan fingerprint density at radius 2 is 0.889 bits per heavy atom. The van der Waals surface area contributed by atoms with Crippen LogP contribution in [0, 0.1) is 0 Å². The molecule has 1 aliphatic rings. The number of halogens is 3. The quantitative estimate of drug-likeness (QED) is 0.525. The first-order valence-electron chi connectivity index (χ1n) is 6.43. The molecule has 0 spiro atoms. The average molecular weight is 310 g/mol. The van der Waals surface area contributed by atoms with Crippen molar-refractivity contribution < 1.29 is 0 Å². The molecule has 3 unspecified atom stereocenters. The van der Waals surface area contributed by atoms with Crippen molar-refractivity contribution in [3.05, 3.63) is 0 Å². The predicted molar refractivity (Wildman–Crippen MR) is 87.5 cm³/mol. The molecule has 1 aliphatic heterocycles. The maximum atomic E-state index is 5.98. The van der Waals surface area contributed by atoms with Gasteiger partial charge in [-0.1, -0.05) is 20.8 Å². The molecule has 0 bridgehead atoms. The summed E-state index contributed by atoms with van der Waals surface area (Å²) < 4.78 is 7.13.